The van der Waals surface area contributed by atoms with Gasteiger partial charge >= 0.3 is 6.18 Å². The third-order valence-electron chi connectivity index (χ3n) is 4.36. The predicted octanol–water partition coefficient (Wildman–Crippen LogP) is 3.14. The normalized spacial score (nSPS) is 15.6. The number of nitrogens with one attached hydrogen (secondary N) is 1. The summed E-state index contributed by atoms with van der Waals surface area (Å²) >= 11 is -1.80. The van der Waals surface area contributed by atoms with Gasteiger partial charge in [-0.25, -0.2) is 0 Å². The Balaban J connectivity index is 2.72. The molecule has 0 aromatic carbocycles. The molecule has 0 aliphatic rings. The Morgan fingerprint density at radius 3 is 2.46 bits per heavy atom. The molecule has 150 valence electrons. The van der Waals surface area contributed by atoms with E-state index >= 15 is 0 Å². The van der Waals surface area contributed by atoms with Crippen LogP contribution in [0.4, 0.5) is 19.1 Å². The highest BCUT2D eigenvalue weighted by Gasteiger charge is 2.41. The molecule has 0 radical (unpaired) electrons. The highest BCUT2D eigenvalue weighted by molar-refractivity contribution is 7.93. The number of nitrogens with zero attached hydrogens (tertiary/aromatic N) is 1. The van der Waals surface area contributed by atoms with Crippen LogP contribution in [0.15, 0.2) is 10.6 Å². The van der Waals surface area contributed by atoms with E-state index in [9.17, 15) is 27.6 Å². The molecule has 1 aromatic heterocycles. The Bertz CT molecular complexity index is 615. The Kier molecular flexibility index (Phi) is 7.17. The minimum absolute atomic E-state index is 0.0130. The summed E-state index contributed by atoms with van der Waals surface area (Å²) in [6.45, 7) is 7.88. The van der Waals surface area contributed by atoms with Gasteiger partial charge in [-0.1, -0.05) is 19.0 Å². The first kappa shape index (κ1) is 22.8. The van der Waals surface area contributed by atoms with E-state index in [4.69, 9.17) is 4.52 Å². The van der Waals surface area contributed by atoms with Crippen LogP contribution in [0, 0.1) is 0 Å². The molecule has 26 heavy (non-hydrogen) atoms. The van der Waals surface area contributed by atoms with Gasteiger partial charge in [0.2, 0.25) is 5.88 Å². The number of amides is 1. The lowest BCUT2D eigenvalue weighted by atomic mass is 9.84. The zero-order chi connectivity index (χ0) is 20.3. The van der Waals surface area contributed by atoms with Crippen LogP contribution in [0.5, 0.6) is 0 Å². The second-order valence-electron chi connectivity index (χ2n) is 7.21. The molecular weight excluding hydrogens is 373 g/mol. The van der Waals surface area contributed by atoms with Gasteiger partial charge < -0.3 is 14.2 Å². The molecule has 0 spiro atoms. The SMILES string of the molecule is C[C@H](O)C(C)(C)c1cc(NC(=O)C(C)(C)[S@+]([O-])CCCC(F)(F)F)on1. The average molecular weight is 398 g/mol. The van der Waals surface area contributed by atoms with Crippen LogP contribution in [0.1, 0.15) is 53.2 Å². The largest absolute Gasteiger partial charge is 0.616 e. The zero-order valence-electron chi connectivity index (χ0n) is 15.4. The van der Waals surface area contributed by atoms with Gasteiger partial charge in [0.1, 0.15) is 5.75 Å². The van der Waals surface area contributed by atoms with Gasteiger partial charge in [0.25, 0.3) is 5.91 Å². The lowest BCUT2D eigenvalue weighted by Crippen LogP contribution is -2.45. The number of aliphatic hydroxyl groups excluding tert-OH is 1. The Labute approximate surface area is 153 Å². The molecule has 10 heteroatoms. The topological polar surface area (TPSA) is 98.4 Å². The number of halogens is 3. The standard InChI is InChI=1S/C16H25F3N2O4S/c1-10(22)14(2,3)11-9-12(25-21-11)20-13(23)15(4,5)26(24)8-6-7-16(17,18)19/h9-10,22H,6-8H2,1-5H3,(H,20,23)/t10-,26+/m0/s1. The van der Waals surface area contributed by atoms with Crippen molar-refractivity contribution in [3.63, 3.8) is 0 Å². The molecule has 6 nitrogen and oxygen atoms in total. The number of alkyl halides is 3. The lowest BCUT2D eigenvalue weighted by Gasteiger charge is -2.27. The third kappa shape index (κ3) is 5.88. The first-order valence-corrected chi connectivity index (χ1v) is 9.41. The van der Waals surface area contributed by atoms with Crippen molar-refractivity contribution in [1.29, 1.82) is 0 Å². The Morgan fingerprint density at radius 1 is 1.38 bits per heavy atom. The minimum Gasteiger partial charge on any atom is -0.616 e. The van der Waals surface area contributed by atoms with E-state index in [1.54, 1.807) is 20.8 Å². The molecule has 1 rings (SSSR count). The van der Waals surface area contributed by atoms with Gasteiger partial charge in [-0.3, -0.25) is 10.1 Å². The molecule has 2 N–H and O–H groups in total. The van der Waals surface area contributed by atoms with E-state index < -0.39 is 45.9 Å². The van der Waals surface area contributed by atoms with Crippen molar-refractivity contribution >= 4 is 23.0 Å². The van der Waals surface area contributed by atoms with E-state index in [0.29, 0.717) is 5.69 Å². The Morgan fingerprint density at radius 2 is 1.96 bits per heavy atom. The number of anilines is 1. The number of carbonyl (C=O) groups excluding carboxylic acids is 1. The summed E-state index contributed by atoms with van der Waals surface area (Å²) in [5.41, 5.74) is -0.283. The maximum atomic E-state index is 12.4. The summed E-state index contributed by atoms with van der Waals surface area (Å²) in [4.78, 5) is 12.4. The molecule has 2 atom stereocenters. The van der Waals surface area contributed by atoms with Crippen molar-refractivity contribution in [2.75, 3.05) is 11.1 Å². The maximum Gasteiger partial charge on any atom is 0.389 e. The fraction of sp³-hybridized carbons (Fsp3) is 0.750. The smallest absolute Gasteiger partial charge is 0.389 e. The van der Waals surface area contributed by atoms with Crippen LogP contribution in [-0.4, -0.2) is 43.5 Å². The number of hydrogen-bond donors (Lipinski definition) is 2. The first-order valence-electron chi connectivity index (χ1n) is 8.10. The fourth-order valence-corrected chi connectivity index (χ4v) is 3.05. The van der Waals surface area contributed by atoms with Crippen LogP contribution in [0.25, 0.3) is 0 Å². The summed E-state index contributed by atoms with van der Waals surface area (Å²) in [5.74, 6) is -0.879. The van der Waals surface area contributed by atoms with Crippen molar-refractivity contribution in [3.8, 4) is 0 Å². The molecule has 0 unspecified atom stereocenters. The minimum atomic E-state index is -4.32. The summed E-state index contributed by atoms with van der Waals surface area (Å²) in [6, 6.07) is 1.45. The third-order valence-corrected chi connectivity index (χ3v) is 6.34. The van der Waals surface area contributed by atoms with Crippen molar-refractivity contribution in [3.05, 3.63) is 11.8 Å². The molecule has 0 aliphatic heterocycles. The highest BCUT2D eigenvalue weighted by Crippen LogP contribution is 2.29. The summed E-state index contributed by atoms with van der Waals surface area (Å²) in [7, 11) is 0. The number of carbonyl (C=O) groups is 1. The molecule has 0 fully saturated rings. The molecular formula is C16H25F3N2O4S. The number of aliphatic hydroxyl groups is 1. The maximum absolute atomic E-state index is 12.4. The van der Waals surface area contributed by atoms with E-state index in [-0.39, 0.29) is 18.1 Å². The van der Waals surface area contributed by atoms with E-state index in [1.165, 1.54) is 19.9 Å². The molecule has 1 heterocycles. The quantitative estimate of drug-likeness (QED) is 0.656. The number of rotatable bonds is 8. The molecule has 0 saturated carbocycles. The predicted molar refractivity (Wildman–Crippen MR) is 92.2 cm³/mol. The first-order chi connectivity index (χ1) is 11.7. The monoisotopic (exact) mass is 398 g/mol. The van der Waals surface area contributed by atoms with Crippen LogP contribution < -0.4 is 5.32 Å². The number of hydrogen-bond acceptors (Lipinski definition) is 5. The van der Waals surface area contributed by atoms with Crippen molar-refractivity contribution in [2.24, 2.45) is 0 Å². The molecule has 1 amide bonds. The van der Waals surface area contributed by atoms with Gasteiger partial charge in [-0.05, 0) is 31.9 Å². The Hall–Kier alpha value is -1.26. The number of aromatic nitrogens is 1. The second-order valence-corrected chi connectivity index (χ2v) is 9.33. The van der Waals surface area contributed by atoms with Gasteiger partial charge in [-0.15, -0.1) is 0 Å². The summed E-state index contributed by atoms with van der Waals surface area (Å²) in [5, 5.41) is 16.0. The van der Waals surface area contributed by atoms with Crippen LogP contribution in [0.3, 0.4) is 0 Å². The lowest BCUT2D eigenvalue weighted by molar-refractivity contribution is -0.134. The zero-order valence-corrected chi connectivity index (χ0v) is 16.3. The molecule has 0 bridgehead atoms. The van der Waals surface area contributed by atoms with Gasteiger partial charge in [0.05, 0.1) is 11.8 Å². The average Bonchev–Trinajstić information content (AvgIpc) is 2.94. The van der Waals surface area contributed by atoms with Crippen LogP contribution in [0.2, 0.25) is 0 Å². The van der Waals surface area contributed by atoms with E-state index in [0.717, 1.165) is 0 Å². The highest BCUT2D eigenvalue weighted by atomic mass is 32.2. The van der Waals surface area contributed by atoms with Crippen molar-refractivity contribution in [2.45, 2.75) is 69.9 Å². The van der Waals surface area contributed by atoms with Gasteiger partial charge in [0.15, 0.2) is 4.75 Å². The van der Waals surface area contributed by atoms with Crippen molar-refractivity contribution in [1.82, 2.24) is 5.16 Å². The van der Waals surface area contributed by atoms with E-state index in [2.05, 4.69) is 10.5 Å². The van der Waals surface area contributed by atoms with Gasteiger partial charge in [0, 0.05) is 24.3 Å². The van der Waals surface area contributed by atoms with Gasteiger partial charge in [-0.2, -0.15) is 13.2 Å². The molecule has 0 aliphatic carbocycles. The summed E-state index contributed by atoms with van der Waals surface area (Å²) in [6.07, 6.45) is -6.39. The summed E-state index contributed by atoms with van der Waals surface area (Å²) < 4.78 is 52.4. The fourth-order valence-electron chi connectivity index (χ4n) is 1.88. The molecule has 0 saturated heterocycles. The molecule has 1 aromatic rings. The second kappa shape index (κ2) is 8.18. The van der Waals surface area contributed by atoms with Crippen LogP contribution in [-0.2, 0) is 21.4 Å². The van der Waals surface area contributed by atoms with Crippen LogP contribution >= 0.6 is 0 Å². The van der Waals surface area contributed by atoms with E-state index in [1.807, 2.05) is 0 Å². The van der Waals surface area contributed by atoms with Crippen molar-refractivity contribution < 1.29 is 32.1 Å².